The summed E-state index contributed by atoms with van der Waals surface area (Å²) in [5.74, 6) is -1.04. The number of carboxylic acids is 1. The minimum atomic E-state index is -1.04. The second-order valence-electron chi connectivity index (χ2n) is 5.50. The van der Waals surface area contributed by atoms with Gasteiger partial charge in [-0.15, -0.1) is 0 Å². The highest BCUT2D eigenvalue weighted by atomic mass is 16.5. The second-order valence-corrected chi connectivity index (χ2v) is 5.50. The predicted octanol–water partition coefficient (Wildman–Crippen LogP) is 1.16. The van der Waals surface area contributed by atoms with Crippen LogP contribution in [0, 0.1) is 5.41 Å². The molecular formula is C12H24N2O4. The summed E-state index contributed by atoms with van der Waals surface area (Å²) >= 11 is 0. The van der Waals surface area contributed by atoms with Gasteiger partial charge in [0.15, 0.2) is 0 Å². The normalized spacial score (nSPS) is 14.8. The average molecular weight is 260 g/mol. The zero-order valence-corrected chi connectivity index (χ0v) is 12.0. The van der Waals surface area contributed by atoms with Gasteiger partial charge in [0, 0.05) is 14.2 Å². The van der Waals surface area contributed by atoms with Crippen molar-refractivity contribution in [1.82, 2.24) is 10.2 Å². The number of nitrogens with zero attached hydrogens (tertiary/aromatic N) is 1. The Labute approximate surface area is 108 Å². The highest BCUT2D eigenvalue weighted by Crippen LogP contribution is 2.19. The van der Waals surface area contributed by atoms with Gasteiger partial charge in [0.1, 0.15) is 6.04 Å². The molecule has 106 valence electrons. The molecule has 0 bridgehead atoms. The lowest BCUT2D eigenvalue weighted by atomic mass is 9.87. The Morgan fingerprint density at radius 2 is 1.89 bits per heavy atom. The van der Waals surface area contributed by atoms with Crippen molar-refractivity contribution < 1.29 is 19.4 Å². The van der Waals surface area contributed by atoms with Crippen LogP contribution in [0.15, 0.2) is 0 Å². The van der Waals surface area contributed by atoms with E-state index in [1.54, 1.807) is 34.9 Å². The zero-order chi connectivity index (χ0) is 14.5. The van der Waals surface area contributed by atoms with E-state index in [1.165, 1.54) is 4.90 Å². The Morgan fingerprint density at radius 3 is 2.22 bits per heavy atom. The van der Waals surface area contributed by atoms with Gasteiger partial charge in [0.25, 0.3) is 0 Å². The van der Waals surface area contributed by atoms with Crippen LogP contribution < -0.4 is 5.32 Å². The molecule has 1 unspecified atom stereocenters. The molecule has 0 heterocycles. The Balaban J connectivity index is 4.66. The maximum absolute atomic E-state index is 11.9. The third-order valence-corrected chi connectivity index (χ3v) is 2.77. The summed E-state index contributed by atoms with van der Waals surface area (Å²) in [6.45, 7) is 7.53. The summed E-state index contributed by atoms with van der Waals surface area (Å²) in [7, 11) is 3.16. The molecule has 0 spiro atoms. The molecule has 0 aliphatic heterocycles. The van der Waals surface area contributed by atoms with Crippen LogP contribution in [0.3, 0.4) is 0 Å². The van der Waals surface area contributed by atoms with Crippen molar-refractivity contribution in [2.75, 3.05) is 20.8 Å². The number of urea groups is 1. The molecule has 0 saturated carbocycles. The summed E-state index contributed by atoms with van der Waals surface area (Å²) in [4.78, 5) is 24.5. The van der Waals surface area contributed by atoms with Crippen molar-refractivity contribution in [3.63, 3.8) is 0 Å². The fraction of sp³-hybridized carbons (Fsp3) is 0.833. The number of nitrogens with one attached hydrogen (secondary N) is 1. The Morgan fingerprint density at radius 1 is 1.39 bits per heavy atom. The maximum atomic E-state index is 11.9. The third kappa shape index (κ3) is 4.91. The summed E-state index contributed by atoms with van der Waals surface area (Å²) in [6, 6.07) is -1.46. The lowest BCUT2D eigenvalue weighted by Crippen LogP contribution is -2.54. The second kappa shape index (κ2) is 6.58. The van der Waals surface area contributed by atoms with Crippen LogP contribution in [0.4, 0.5) is 4.79 Å². The number of hydrogen-bond acceptors (Lipinski definition) is 3. The van der Waals surface area contributed by atoms with E-state index in [4.69, 9.17) is 9.84 Å². The van der Waals surface area contributed by atoms with E-state index in [-0.39, 0.29) is 6.04 Å². The van der Waals surface area contributed by atoms with E-state index < -0.39 is 23.5 Å². The first kappa shape index (κ1) is 16.7. The molecule has 0 aliphatic rings. The van der Waals surface area contributed by atoms with Gasteiger partial charge in [-0.05, 0) is 12.3 Å². The highest BCUT2D eigenvalue weighted by molar-refractivity contribution is 5.83. The van der Waals surface area contributed by atoms with Crippen molar-refractivity contribution in [3.05, 3.63) is 0 Å². The molecule has 0 aromatic heterocycles. The lowest BCUT2D eigenvalue weighted by molar-refractivity contribution is -0.142. The minimum Gasteiger partial charge on any atom is -0.480 e. The number of carbonyl (C=O) groups is 2. The van der Waals surface area contributed by atoms with Crippen LogP contribution in [0.2, 0.25) is 0 Å². The van der Waals surface area contributed by atoms with Crippen LogP contribution in [0.25, 0.3) is 0 Å². The number of carbonyl (C=O) groups excluding carboxylic acids is 1. The van der Waals surface area contributed by atoms with Crippen molar-refractivity contribution in [3.8, 4) is 0 Å². The monoisotopic (exact) mass is 260 g/mol. The van der Waals surface area contributed by atoms with Crippen LogP contribution >= 0.6 is 0 Å². The molecule has 18 heavy (non-hydrogen) atoms. The van der Waals surface area contributed by atoms with Crippen LogP contribution in [-0.2, 0) is 9.53 Å². The smallest absolute Gasteiger partial charge is 0.326 e. The molecule has 6 nitrogen and oxygen atoms in total. The molecule has 0 rings (SSSR count). The number of ether oxygens (including phenoxy) is 1. The van der Waals surface area contributed by atoms with Crippen LogP contribution in [0.1, 0.15) is 27.7 Å². The molecule has 0 saturated heterocycles. The van der Waals surface area contributed by atoms with Crippen molar-refractivity contribution in [2.24, 2.45) is 5.41 Å². The Kier molecular flexibility index (Phi) is 6.11. The van der Waals surface area contributed by atoms with Crippen LogP contribution in [0.5, 0.6) is 0 Å². The lowest BCUT2D eigenvalue weighted by Gasteiger charge is -2.31. The first-order valence-electron chi connectivity index (χ1n) is 5.86. The molecule has 2 atom stereocenters. The number of aliphatic carboxylic acids is 1. The van der Waals surface area contributed by atoms with Gasteiger partial charge in [0.2, 0.25) is 0 Å². The van der Waals surface area contributed by atoms with Crippen molar-refractivity contribution in [1.29, 1.82) is 0 Å². The van der Waals surface area contributed by atoms with Crippen molar-refractivity contribution in [2.45, 2.75) is 39.8 Å². The quantitative estimate of drug-likeness (QED) is 0.777. The molecule has 0 aromatic rings. The predicted molar refractivity (Wildman–Crippen MR) is 68.5 cm³/mol. The van der Waals surface area contributed by atoms with Crippen LogP contribution in [-0.4, -0.2) is 54.9 Å². The standard InChI is InChI=1S/C12H24N2O4/c1-8(7-18-6)14(5)11(17)13-9(10(15)16)12(2,3)4/h8-9H,7H2,1-6H3,(H,13,17)(H,15,16)/t8?,9-/m1/s1. The Bertz CT molecular complexity index is 299. The van der Waals surface area contributed by atoms with Gasteiger partial charge in [0.05, 0.1) is 12.6 Å². The number of likely N-dealkylation sites (N-methyl/N-ethyl adjacent to an activating group) is 1. The first-order chi connectivity index (χ1) is 8.11. The number of carboxylic acid groups (broad SMARTS) is 1. The molecule has 2 amide bonds. The van der Waals surface area contributed by atoms with Gasteiger partial charge in [-0.1, -0.05) is 20.8 Å². The van der Waals surface area contributed by atoms with Crippen molar-refractivity contribution >= 4 is 12.0 Å². The average Bonchev–Trinajstić information content (AvgIpc) is 2.22. The van der Waals surface area contributed by atoms with Gasteiger partial charge >= 0.3 is 12.0 Å². The summed E-state index contributed by atoms with van der Waals surface area (Å²) in [5.41, 5.74) is -0.549. The van der Waals surface area contributed by atoms with E-state index in [9.17, 15) is 9.59 Å². The molecule has 0 radical (unpaired) electrons. The van der Waals surface area contributed by atoms with Gasteiger partial charge in [-0.2, -0.15) is 0 Å². The van der Waals surface area contributed by atoms with E-state index in [0.717, 1.165) is 0 Å². The van der Waals surface area contributed by atoms with Gasteiger partial charge in [-0.25, -0.2) is 9.59 Å². The van der Waals surface area contributed by atoms with Gasteiger partial charge < -0.3 is 20.1 Å². The van der Waals surface area contributed by atoms with E-state index in [0.29, 0.717) is 6.61 Å². The topological polar surface area (TPSA) is 78.9 Å². The molecule has 0 aromatic carbocycles. The molecular weight excluding hydrogens is 236 g/mol. The number of hydrogen-bond donors (Lipinski definition) is 2. The molecule has 6 heteroatoms. The summed E-state index contributed by atoms with van der Waals surface area (Å²) in [5, 5.41) is 11.7. The Hall–Kier alpha value is -1.30. The zero-order valence-electron chi connectivity index (χ0n) is 12.0. The summed E-state index contributed by atoms with van der Waals surface area (Å²) < 4.78 is 4.96. The summed E-state index contributed by atoms with van der Waals surface area (Å²) in [6.07, 6.45) is 0. The SMILES string of the molecule is COCC(C)N(C)C(=O)N[C@H](C(=O)O)C(C)(C)C. The third-order valence-electron chi connectivity index (χ3n) is 2.77. The maximum Gasteiger partial charge on any atom is 0.326 e. The minimum absolute atomic E-state index is 0.121. The first-order valence-corrected chi connectivity index (χ1v) is 5.86. The van der Waals surface area contributed by atoms with E-state index in [1.807, 2.05) is 6.92 Å². The van der Waals surface area contributed by atoms with E-state index >= 15 is 0 Å². The largest absolute Gasteiger partial charge is 0.480 e. The van der Waals surface area contributed by atoms with E-state index in [2.05, 4.69) is 5.32 Å². The number of rotatable bonds is 5. The molecule has 0 aliphatic carbocycles. The molecule has 2 N–H and O–H groups in total. The number of amides is 2. The molecule has 0 fully saturated rings. The van der Waals surface area contributed by atoms with Gasteiger partial charge in [-0.3, -0.25) is 0 Å². The highest BCUT2D eigenvalue weighted by Gasteiger charge is 2.33. The fourth-order valence-electron chi connectivity index (χ4n) is 1.43. The fourth-order valence-corrected chi connectivity index (χ4v) is 1.43. The number of methoxy groups -OCH3 is 1.